The van der Waals surface area contributed by atoms with Crippen LogP contribution in [0.2, 0.25) is 0 Å². The first-order chi connectivity index (χ1) is 12.8. The first-order valence-corrected chi connectivity index (χ1v) is 9.86. The minimum atomic E-state index is 0.0785. The molecule has 0 amide bonds. The summed E-state index contributed by atoms with van der Waals surface area (Å²) < 4.78 is 3.36. The Labute approximate surface area is 168 Å². The first kappa shape index (κ1) is 18.0. The second-order valence-corrected chi connectivity index (χ2v) is 8.33. The van der Waals surface area contributed by atoms with E-state index in [9.17, 15) is 0 Å². The molecule has 0 N–H and O–H groups in total. The van der Waals surface area contributed by atoms with Crippen LogP contribution in [0.15, 0.2) is 16.6 Å². The molecule has 0 radical (unpaired) electrons. The van der Waals surface area contributed by atoms with Gasteiger partial charge >= 0.3 is 0 Å². The number of halogens is 1. The number of aryl methyl sites for hydroxylation is 4. The molecule has 0 aliphatic carbocycles. The van der Waals surface area contributed by atoms with Crippen molar-refractivity contribution in [2.24, 2.45) is 0 Å². The second-order valence-electron chi connectivity index (χ2n) is 7.41. The molecular formula is C21H22BrN5. The standard InChI is InChI=1S/C21H22BrN5/c1-11-7-16(22)8-12(2)19(11)27-14(4)13(3)18-20(24-15(5)25-21(18)27)26-9-17(10-26)23-6/h7-8,17H,9-10H2,1-5H3. The molecule has 0 spiro atoms. The van der Waals surface area contributed by atoms with Gasteiger partial charge in [0.15, 0.2) is 5.65 Å². The predicted molar refractivity (Wildman–Crippen MR) is 113 cm³/mol. The highest BCUT2D eigenvalue weighted by molar-refractivity contribution is 9.10. The van der Waals surface area contributed by atoms with Crippen LogP contribution in [-0.4, -0.2) is 33.7 Å². The number of hydrogen-bond donors (Lipinski definition) is 0. The van der Waals surface area contributed by atoms with Crippen LogP contribution < -0.4 is 4.90 Å². The van der Waals surface area contributed by atoms with Gasteiger partial charge in [0.25, 0.3) is 6.04 Å². The van der Waals surface area contributed by atoms with Crippen LogP contribution >= 0.6 is 15.9 Å². The maximum atomic E-state index is 7.23. The van der Waals surface area contributed by atoms with Gasteiger partial charge in [0.2, 0.25) is 0 Å². The number of fused-ring (bicyclic) bond motifs is 1. The topological polar surface area (TPSA) is 38.3 Å². The van der Waals surface area contributed by atoms with Crippen molar-refractivity contribution in [3.05, 3.63) is 56.2 Å². The Balaban J connectivity index is 2.01. The number of nitrogens with zero attached hydrogens (tertiary/aromatic N) is 5. The molecule has 0 unspecified atom stereocenters. The molecule has 138 valence electrons. The Morgan fingerprint density at radius 2 is 1.70 bits per heavy atom. The van der Waals surface area contributed by atoms with E-state index in [0.717, 1.165) is 40.2 Å². The summed E-state index contributed by atoms with van der Waals surface area (Å²) in [5.74, 6) is 1.72. The predicted octanol–water partition coefficient (Wildman–Crippen LogP) is 4.83. The molecule has 1 aliphatic heterocycles. The summed E-state index contributed by atoms with van der Waals surface area (Å²) in [6.45, 7) is 19.2. The molecule has 0 saturated carbocycles. The molecule has 3 heterocycles. The van der Waals surface area contributed by atoms with Crippen molar-refractivity contribution in [3.63, 3.8) is 0 Å². The summed E-state index contributed by atoms with van der Waals surface area (Å²) >= 11 is 3.60. The molecule has 6 heteroatoms. The summed E-state index contributed by atoms with van der Waals surface area (Å²) in [6.07, 6.45) is 0. The van der Waals surface area contributed by atoms with Gasteiger partial charge in [0.05, 0.1) is 24.2 Å². The van der Waals surface area contributed by atoms with Gasteiger partial charge < -0.3 is 9.74 Å². The Morgan fingerprint density at radius 3 is 2.30 bits per heavy atom. The van der Waals surface area contributed by atoms with Crippen LogP contribution in [0.25, 0.3) is 21.6 Å². The monoisotopic (exact) mass is 423 g/mol. The third kappa shape index (κ3) is 2.72. The smallest absolute Gasteiger partial charge is 0.258 e. The minimum absolute atomic E-state index is 0.0785. The first-order valence-electron chi connectivity index (χ1n) is 9.06. The van der Waals surface area contributed by atoms with Gasteiger partial charge in [0.1, 0.15) is 11.6 Å². The van der Waals surface area contributed by atoms with Crippen LogP contribution in [0, 0.1) is 41.2 Å². The van der Waals surface area contributed by atoms with Gasteiger partial charge in [-0.3, -0.25) is 4.57 Å². The quantitative estimate of drug-likeness (QED) is 0.553. The summed E-state index contributed by atoms with van der Waals surface area (Å²) in [4.78, 5) is 15.4. The number of anilines is 1. The number of benzene rings is 1. The van der Waals surface area contributed by atoms with E-state index in [1.165, 1.54) is 28.1 Å². The molecule has 0 atom stereocenters. The molecule has 27 heavy (non-hydrogen) atoms. The van der Waals surface area contributed by atoms with Crippen LogP contribution in [0.5, 0.6) is 0 Å². The van der Waals surface area contributed by atoms with Gasteiger partial charge in [-0.2, -0.15) is 0 Å². The summed E-state index contributed by atoms with van der Waals surface area (Å²) in [6, 6.07) is 4.37. The maximum Gasteiger partial charge on any atom is 0.258 e. The van der Waals surface area contributed by atoms with Gasteiger partial charge in [-0.25, -0.2) is 16.5 Å². The van der Waals surface area contributed by atoms with Crippen molar-refractivity contribution in [1.29, 1.82) is 0 Å². The summed E-state index contributed by atoms with van der Waals surface area (Å²) in [5, 5.41) is 1.10. The Kier molecular flexibility index (Phi) is 4.23. The SMILES string of the molecule is [C-]#[N+]C1CN(c2nc(C)nc3c2c(C)c(C)n3-c2c(C)cc(Br)cc2C)C1. The highest BCUT2D eigenvalue weighted by Gasteiger charge is 2.35. The molecule has 1 aliphatic rings. The van der Waals surface area contributed by atoms with Crippen molar-refractivity contribution in [2.75, 3.05) is 18.0 Å². The number of hydrogen-bond acceptors (Lipinski definition) is 3. The Hall–Kier alpha value is -2.39. The lowest BCUT2D eigenvalue weighted by Crippen LogP contribution is -2.49. The number of aromatic nitrogens is 3. The highest BCUT2D eigenvalue weighted by atomic mass is 79.9. The normalized spacial score (nSPS) is 14.5. The van der Waals surface area contributed by atoms with E-state index in [1.54, 1.807) is 0 Å². The van der Waals surface area contributed by atoms with Crippen LogP contribution in [0.3, 0.4) is 0 Å². The highest BCUT2D eigenvalue weighted by Crippen LogP contribution is 2.37. The molecule has 1 fully saturated rings. The van der Waals surface area contributed by atoms with Gasteiger partial charge in [-0.1, -0.05) is 15.9 Å². The molecule has 3 aromatic rings. The molecule has 0 bridgehead atoms. The van der Waals surface area contributed by atoms with Gasteiger partial charge in [-0.15, -0.1) is 0 Å². The van der Waals surface area contributed by atoms with Crippen LogP contribution in [-0.2, 0) is 0 Å². The van der Waals surface area contributed by atoms with Crippen molar-refractivity contribution in [1.82, 2.24) is 14.5 Å². The summed E-state index contributed by atoms with van der Waals surface area (Å²) in [5.41, 5.74) is 6.93. The Bertz CT molecular complexity index is 1090. The molecule has 1 saturated heterocycles. The molecule has 4 rings (SSSR count). The minimum Gasteiger partial charge on any atom is -0.340 e. The number of rotatable bonds is 2. The van der Waals surface area contributed by atoms with Crippen molar-refractivity contribution < 1.29 is 0 Å². The lowest BCUT2D eigenvalue weighted by atomic mass is 10.1. The second kappa shape index (κ2) is 6.35. The average Bonchev–Trinajstić information content (AvgIpc) is 2.78. The van der Waals surface area contributed by atoms with Gasteiger partial charge in [-0.05, 0) is 63.4 Å². The molecule has 5 nitrogen and oxygen atoms in total. The van der Waals surface area contributed by atoms with Crippen molar-refractivity contribution >= 4 is 32.8 Å². The van der Waals surface area contributed by atoms with E-state index in [2.05, 4.69) is 70.1 Å². The van der Waals surface area contributed by atoms with E-state index in [1.807, 2.05) is 6.92 Å². The largest absolute Gasteiger partial charge is 0.340 e. The van der Waals surface area contributed by atoms with E-state index >= 15 is 0 Å². The van der Waals surface area contributed by atoms with E-state index in [4.69, 9.17) is 16.5 Å². The van der Waals surface area contributed by atoms with Crippen molar-refractivity contribution in [2.45, 2.75) is 40.7 Å². The average molecular weight is 424 g/mol. The van der Waals surface area contributed by atoms with Crippen LogP contribution in [0.1, 0.15) is 28.2 Å². The fourth-order valence-corrected chi connectivity index (χ4v) is 4.70. The molecule has 2 aromatic heterocycles. The van der Waals surface area contributed by atoms with E-state index in [0.29, 0.717) is 0 Å². The van der Waals surface area contributed by atoms with Gasteiger partial charge in [0, 0.05) is 10.2 Å². The molecule has 1 aromatic carbocycles. The Morgan fingerprint density at radius 1 is 1.07 bits per heavy atom. The lowest BCUT2D eigenvalue weighted by Gasteiger charge is -2.33. The van der Waals surface area contributed by atoms with Crippen molar-refractivity contribution in [3.8, 4) is 5.69 Å². The zero-order chi connectivity index (χ0) is 19.5. The zero-order valence-electron chi connectivity index (χ0n) is 16.3. The van der Waals surface area contributed by atoms with E-state index in [-0.39, 0.29) is 6.04 Å². The van der Waals surface area contributed by atoms with E-state index < -0.39 is 0 Å². The third-order valence-electron chi connectivity index (χ3n) is 5.47. The summed E-state index contributed by atoms with van der Waals surface area (Å²) in [7, 11) is 0. The fraction of sp³-hybridized carbons (Fsp3) is 0.381. The zero-order valence-corrected chi connectivity index (χ0v) is 17.8. The molecular weight excluding hydrogens is 402 g/mol. The maximum absolute atomic E-state index is 7.23. The van der Waals surface area contributed by atoms with Crippen LogP contribution in [0.4, 0.5) is 5.82 Å². The lowest BCUT2D eigenvalue weighted by molar-refractivity contribution is 0.572. The third-order valence-corrected chi connectivity index (χ3v) is 5.93. The fourth-order valence-electron chi connectivity index (χ4n) is 4.02.